The third-order valence-electron chi connectivity index (χ3n) is 8.91. The largest absolute Gasteiger partial charge is 0.497 e. The van der Waals surface area contributed by atoms with Gasteiger partial charge in [-0.2, -0.15) is 0 Å². The molecule has 0 fully saturated rings. The van der Waals surface area contributed by atoms with Crippen LogP contribution in [0.15, 0.2) is 97.3 Å². The summed E-state index contributed by atoms with van der Waals surface area (Å²) >= 11 is 0. The van der Waals surface area contributed by atoms with Crippen molar-refractivity contribution in [1.29, 1.82) is 0 Å². The molecule has 0 bridgehead atoms. The molecule has 0 saturated carbocycles. The van der Waals surface area contributed by atoms with Crippen molar-refractivity contribution >= 4 is 43.6 Å². The first-order valence-electron chi connectivity index (χ1n) is 15.0. The Kier molecular flexibility index (Phi) is 6.56. The Hall–Kier alpha value is -5.89. The molecule has 46 heavy (non-hydrogen) atoms. The fourth-order valence-electron chi connectivity index (χ4n) is 6.75. The number of nitrogens with one attached hydrogen (secondary N) is 3. The minimum atomic E-state index is -0.226. The molecule has 228 valence electrons. The van der Waals surface area contributed by atoms with Gasteiger partial charge in [0.1, 0.15) is 5.75 Å². The first-order chi connectivity index (χ1) is 22.6. The molecule has 4 aromatic heterocycles. The molecular formula is C38H32N4O4. The van der Waals surface area contributed by atoms with Gasteiger partial charge in [0.05, 0.1) is 51.3 Å². The van der Waals surface area contributed by atoms with Crippen molar-refractivity contribution in [2.45, 2.75) is 5.92 Å². The van der Waals surface area contributed by atoms with Gasteiger partial charge in [0, 0.05) is 56.1 Å². The lowest BCUT2D eigenvalue weighted by Crippen LogP contribution is -2.06. The van der Waals surface area contributed by atoms with Crippen molar-refractivity contribution in [1.82, 2.24) is 19.9 Å². The maximum atomic E-state index is 5.76. The van der Waals surface area contributed by atoms with Crippen LogP contribution in [0.5, 0.6) is 23.0 Å². The molecule has 0 saturated heterocycles. The summed E-state index contributed by atoms with van der Waals surface area (Å²) in [5.74, 6) is 2.22. The van der Waals surface area contributed by atoms with Crippen LogP contribution in [0.3, 0.4) is 0 Å². The fourth-order valence-corrected chi connectivity index (χ4v) is 6.75. The normalized spacial score (nSPS) is 12.3. The SMILES string of the molecule is COc1ccc2[nH]cc(C(c3cc4c([nH]c5ccccc54)c(-c4cc(OC)c(OC)c(OC)c4)n3)c3c[nH]c4ccccc34)c2c1. The van der Waals surface area contributed by atoms with Gasteiger partial charge in [-0.25, -0.2) is 4.98 Å². The minimum absolute atomic E-state index is 0.226. The lowest BCUT2D eigenvalue weighted by atomic mass is 9.86. The highest BCUT2D eigenvalue weighted by molar-refractivity contribution is 6.11. The molecule has 1 unspecified atom stereocenters. The van der Waals surface area contributed by atoms with Crippen LogP contribution >= 0.6 is 0 Å². The van der Waals surface area contributed by atoms with Crippen LogP contribution in [0.1, 0.15) is 22.7 Å². The Balaban J connectivity index is 1.48. The minimum Gasteiger partial charge on any atom is -0.497 e. The van der Waals surface area contributed by atoms with Crippen molar-refractivity contribution < 1.29 is 18.9 Å². The zero-order chi connectivity index (χ0) is 31.4. The molecule has 0 spiro atoms. The topological polar surface area (TPSA) is 97.2 Å². The summed E-state index contributed by atoms with van der Waals surface area (Å²) in [7, 11) is 6.56. The number of para-hydroxylation sites is 2. The van der Waals surface area contributed by atoms with Crippen LogP contribution in [0, 0.1) is 0 Å². The Bertz CT molecular complexity index is 2370. The van der Waals surface area contributed by atoms with Gasteiger partial charge in [-0.05, 0) is 59.7 Å². The summed E-state index contributed by atoms with van der Waals surface area (Å²) in [6.07, 6.45) is 4.20. The van der Waals surface area contributed by atoms with Crippen molar-refractivity contribution in [2.24, 2.45) is 0 Å². The van der Waals surface area contributed by atoms with E-state index in [4.69, 9.17) is 23.9 Å². The second-order valence-electron chi connectivity index (χ2n) is 11.3. The van der Waals surface area contributed by atoms with Gasteiger partial charge in [0.15, 0.2) is 11.5 Å². The molecule has 8 nitrogen and oxygen atoms in total. The van der Waals surface area contributed by atoms with E-state index in [2.05, 4.69) is 81.9 Å². The summed E-state index contributed by atoms with van der Waals surface area (Å²) in [5.41, 5.74) is 8.80. The lowest BCUT2D eigenvalue weighted by molar-refractivity contribution is 0.324. The van der Waals surface area contributed by atoms with E-state index in [-0.39, 0.29) is 5.92 Å². The number of pyridine rings is 1. The molecule has 8 rings (SSSR count). The number of ether oxygens (including phenoxy) is 4. The van der Waals surface area contributed by atoms with E-state index in [9.17, 15) is 0 Å². The van der Waals surface area contributed by atoms with Crippen molar-refractivity contribution in [2.75, 3.05) is 28.4 Å². The summed E-state index contributed by atoms with van der Waals surface area (Å²) < 4.78 is 22.8. The number of hydrogen-bond donors (Lipinski definition) is 3. The monoisotopic (exact) mass is 608 g/mol. The maximum Gasteiger partial charge on any atom is 0.203 e. The molecule has 0 aliphatic carbocycles. The molecule has 4 heterocycles. The molecule has 1 atom stereocenters. The van der Waals surface area contributed by atoms with E-state index in [0.29, 0.717) is 17.2 Å². The van der Waals surface area contributed by atoms with E-state index in [1.54, 1.807) is 28.4 Å². The van der Waals surface area contributed by atoms with E-state index in [1.165, 1.54) is 0 Å². The van der Waals surface area contributed by atoms with Crippen LogP contribution in [-0.4, -0.2) is 48.4 Å². The summed E-state index contributed by atoms with van der Waals surface area (Å²) in [5, 5.41) is 4.41. The fraction of sp³-hybridized carbons (Fsp3) is 0.132. The number of benzene rings is 4. The van der Waals surface area contributed by atoms with Crippen LogP contribution in [0.25, 0.3) is 54.9 Å². The molecule has 3 N–H and O–H groups in total. The summed E-state index contributed by atoms with van der Waals surface area (Å²) in [6.45, 7) is 0. The zero-order valence-electron chi connectivity index (χ0n) is 25.9. The summed E-state index contributed by atoms with van der Waals surface area (Å²) in [4.78, 5) is 16.2. The highest BCUT2D eigenvalue weighted by Crippen LogP contribution is 2.45. The number of aromatic nitrogens is 4. The Morgan fingerprint density at radius 1 is 0.587 bits per heavy atom. The van der Waals surface area contributed by atoms with Gasteiger partial charge in [-0.1, -0.05) is 36.4 Å². The number of methoxy groups -OCH3 is 4. The molecule has 0 amide bonds. The second-order valence-corrected chi connectivity index (χ2v) is 11.3. The van der Waals surface area contributed by atoms with E-state index in [0.717, 1.165) is 77.4 Å². The van der Waals surface area contributed by atoms with Crippen molar-refractivity contribution in [3.05, 3.63) is 114 Å². The van der Waals surface area contributed by atoms with Crippen molar-refractivity contribution in [3.8, 4) is 34.3 Å². The number of nitrogens with zero attached hydrogens (tertiary/aromatic N) is 1. The predicted molar refractivity (Wildman–Crippen MR) is 183 cm³/mol. The number of aromatic amines is 3. The maximum absolute atomic E-state index is 5.76. The second kappa shape index (κ2) is 10.9. The first-order valence-corrected chi connectivity index (χ1v) is 15.0. The van der Waals surface area contributed by atoms with Gasteiger partial charge >= 0.3 is 0 Å². The third kappa shape index (κ3) is 4.25. The Morgan fingerprint density at radius 2 is 1.24 bits per heavy atom. The molecule has 4 aromatic carbocycles. The van der Waals surface area contributed by atoms with E-state index < -0.39 is 0 Å². The van der Waals surface area contributed by atoms with Crippen LogP contribution in [-0.2, 0) is 0 Å². The number of rotatable bonds is 8. The van der Waals surface area contributed by atoms with Gasteiger partial charge in [-0.3, -0.25) is 0 Å². The number of H-pyrrole nitrogens is 3. The first kappa shape index (κ1) is 27.6. The van der Waals surface area contributed by atoms with Crippen LogP contribution in [0.2, 0.25) is 0 Å². The molecule has 8 heteroatoms. The highest BCUT2D eigenvalue weighted by Gasteiger charge is 2.27. The Labute approximate surface area is 264 Å². The lowest BCUT2D eigenvalue weighted by Gasteiger charge is -2.19. The van der Waals surface area contributed by atoms with Gasteiger partial charge in [0.25, 0.3) is 0 Å². The molecule has 8 aromatic rings. The van der Waals surface area contributed by atoms with Crippen LogP contribution < -0.4 is 18.9 Å². The average Bonchev–Trinajstić information content (AvgIpc) is 3.83. The average molecular weight is 609 g/mol. The van der Waals surface area contributed by atoms with E-state index in [1.807, 2.05) is 30.3 Å². The van der Waals surface area contributed by atoms with Gasteiger partial charge < -0.3 is 33.9 Å². The molecule has 0 aliphatic rings. The van der Waals surface area contributed by atoms with Gasteiger partial charge in [0.2, 0.25) is 5.75 Å². The summed E-state index contributed by atoms with van der Waals surface area (Å²) in [6, 6.07) is 29.0. The quantitative estimate of drug-likeness (QED) is 0.161. The van der Waals surface area contributed by atoms with E-state index >= 15 is 0 Å². The number of fused-ring (bicyclic) bond motifs is 5. The van der Waals surface area contributed by atoms with Crippen LogP contribution in [0.4, 0.5) is 0 Å². The predicted octanol–water partition coefficient (Wildman–Crippen LogP) is 8.56. The third-order valence-corrected chi connectivity index (χ3v) is 8.91. The molecule has 0 aliphatic heterocycles. The Morgan fingerprint density at radius 3 is 1.93 bits per heavy atom. The standard InChI is InChI=1S/C38H32N4O4/c1-43-22-13-14-30-25(17-22)28(20-40-30)35(27-19-39-29-11-7-5-10-24(27)29)32-18-26-23-9-6-8-12-31(23)41-37(26)36(42-32)21-15-33(44-2)38(46-4)34(16-21)45-3/h5-20,35,39-41H,1-4H3. The molecular weight excluding hydrogens is 576 g/mol. The van der Waals surface area contributed by atoms with Crippen molar-refractivity contribution in [3.63, 3.8) is 0 Å². The number of hydrogen-bond acceptors (Lipinski definition) is 5. The smallest absolute Gasteiger partial charge is 0.203 e. The molecule has 0 radical (unpaired) electrons. The highest BCUT2D eigenvalue weighted by atomic mass is 16.5. The zero-order valence-corrected chi connectivity index (χ0v) is 25.9. The van der Waals surface area contributed by atoms with Gasteiger partial charge in [-0.15, -0.1) is 0 Å².